The van der Waals surface area contributed by atoms with Crippen LogP contribution in [0.25, 0.3) is 0 Å². The maximum absolute atomic E-state index is 11.2. The average Bonchev–Trinajstić information content (AvgIpc) is 2.97. The smallest absolute Gasteiger partial charge is 0.306 e. The molecule has 1 aliphatic carbocycles. The highest BCUT2D eigenvalue weighted by atomic mass is 16.5. The minimum Gasteiger partial charge on any atom is -0.469 e. The highest BCUT2D eigenvalue weighted by molar-refractivity contribution is 5.70. The molecule has 0 heterocycles. The van der Waals surface area contributed by atoms with E-state index in [0.717, 1.165) is 6.42 Å². The number of hydrogen-bond donors (Lipinski definition) is 1. The van der Waals surface area contributed by atoms with Crippen molar-refractivity contribution in [2.24, 2.45) is 17.1 Å². The second kappa shape index (κ2) is 4.09. The van der Waals surface area contributed by atoms with Crippen LogP contribution in [0.4, 0.5) is 0 Å². The van der Waals surface area contributed by atoms with E-state index in [-0.39, 0.29) is 11.4 Å². The molecule has 0 aromatic heterocycles. The Morgan fingerprint density at radius 3 is 2.54 bits per heavy atom. The van der Waals surface area contributed by atoms with Crippen molar-refractivity contribution < 1.29 is 9.53 Å². The summed E-state index contributed by atoms with van der Waals surface area (Å²) >= 11 is 0. The van der Waals surface area contributed by atoms with Gasteiger partial charge in [-0.15, -0.1) is 0 Å². The van der Waals surface area contributed by atoms with Crippen LogP contribution in [-0.2, 0) is 9.53 Å². The first-order valence-corrected chi connectivity index (χ1v) is 4.95. The molecule has 0 aromatic carbocycles. The fourth-order valence-corrected chi connectivity index (χ4v) is 2.00. The third kappa shape index (κ3) is 2.21. The van der Waals surface area contributed by atoms with Crippen LogP contribution in [0.3, 0.4) is 0 Å². The molecule has 0 saturated heterocycles. The number of ether oxygens (including phenoxy) is 1. The molecule has 0 amide bonds. The summed E-state index contributed by atoms with van der Waals surface area (Å²) in [5.74, 6) is 0.529. The third-order valence-electron chi connectivity index (χ3n) is 3.28. The highest BCUT2D eigenvalue weighted by Gasteiger charge is 2.44. The van der Waals surface area contributed by atoms with E-state index in [9.17, 15) is 4.79 Å². The van der Waals surface area contributed by atoms with Gasteiger partial charge >= 0.3 is 5.97 Å². The molecule has 3 heteroatoms. The van der Waals surface area contributed by atoms with Gasteiger partial charge in [-0.2, -0.15) is 0 Å². The van der Waals surface area contributed by atoms with Crippen molar-refractivity contribution in [1.82, 2.24) is 0 Å². The summed E-state index contributed by atoms with van der Waals surface area (Å²) in [7, 11) is 1.44. The Morgan fingerprint density at radius 2 is 2.23 bits per heavy atom. The Bertz CT molecular complexity index is 183. The molecule has 1 atom stereocenters. The van der Waals surface area contributed by atoms with Gasteiger partial charge in [0.15, 0.2) is 0 Å². The van der Waals surface area contributed by atoms with Crippen molar-refractivity contribution >= 4 is 5.97 Å². The van der Waals surface area contributed by atoms with Crippen LogP contribution < -0.4 is 5.73 Å². The molecule has 3 nitrogen and oxygen atoms in total. The molecular formula is C10H19NO2. The largest absolute Gasteiger partial charge is 0.469 e. The summed E-state index contributed by atoms with van der Waals surface area (Å²) in [4.78, 5) is 11.2. The van der Waals surface area contributed by atoms with Crippen LogP contribution in [0.2, 0.25) is 0 Å². The Morgan fingerprint density at radius 1 is 1.62 bits per heavy atom. The molecule has 1 unspecified atom stereocenters. The van der Waals surface area contributed by atoms with E-state index in [4.69, 9.17) is 10.5 Å². The standard InChI is InChI=1S/C10H19NO2/c1-3-10(7-11,8-4-5-8)6-9(12)13-2/h8H,3-7,11H2,1-2H3. The van der Waals surface area contributed by atoms with Gasteiger partial charge in [-0.1, -0.05) is 6.92 Å². The van der Waals surface area contributed by atoms with E-state index in [0.29, 0.717) is 18.9 Å². The number of carbonyl (C=O) groups excluding carboxylic acids is 1. The summed E-state index contributed by atoms with van der Waals surface area (Å²) in [5.41, 5.74) is 5.78. The SMILES string of the molecule is CCC(CN)(CC(=O)OC)C1CC1. The zero-order valence-corrected chi connectivity index (χ0v) is 8.51. The van der Waals surface area contributed by atoms with E-state index < -0.39 is 0 Å². The Hall–Kier alpha value is -0.570. The van der Waals surface area contributed by atoms with Gasteiger partial charge in [0.25, 0.3) is 0 Å². The molecule has 2 N–H and O–H groups in total. The topological polar surface area (TPSA) is 52.3 Å². The van der Waals surface area contributed by atoms with Crippen molar-refractivity contribution in [3.8, 4) is 0 Å². The molecule has 0 bridgehead atoms. The Balaban J connectivity index is 2.59. The zero-order chi connectivity index (χ0) is 9.90. The number of methoxy groups -OCH3 is 1. The molecule has 1 aliphatic rings. The highest BCUT2D eigenvalue weighted by Crippen LogP contribution is 2.49. The molecular weight excluding hydrogens is 166 g/mol. The van der Waals surface area contributed by atoms with E-state index in [1.807, 2.05) is 0 Å². The predicted molar refractivity (Wildman–Crippen MR) is 51.1 cm³/mol. The number of carbonyl (C=O) groups is 1. The summed E-state index contributed by atoms with van der Waals surface area (Å²) < 4.78 is 4.69. The molecule has 1 saturated carbocycles. The minimum atomic E-state index is -0.126. The summed E-state index contributed by atoms with van der Waals surface area (Å²) in [5, 5.41) is 0. The molecule has 0 aromatic rings. The first kappa shape index (κ1) is 10.5. The van der Waals surface area contributed by atoms with E-state index in [1.54, 1.807) is 0 Å². The lowest BCUT2D eigenvalue weighted by atomic mass is 9.77. The van der Waals surface area contributed by atoms with Gasteiger partial charge in [0.2, 0.25) is 0 Å². The van der Waals surface area contributed by atoms with Crippen LogP contribution >= 0.6 is 0 Å². The summed E-state index contributed by atoms with van der Waals surface area (Å²) in [6.45, 7) is 2.71. The molecule has 13 heavy (non-hydrogen) atoms. The number of esters is 1. The normalized spacial score (nSPS) is 20.8. The van der Waals surface area contributed by atoms with Crippen LogP contribution in [0.5, 0.6) is 0 Å². The second-order valence-corrected chi connectivity index (χ2v) is 3.95. The first-order valence-electron chi connectivity index (χ1n) is 4.95. The van der Waals surface area contributed by atoms with Gasteiger partial charge in [-0.25, -0.2) is 0 Å². The van der Waals surface area contributed by atoms with E-state index in [2.05, 4.69) is 6.92 Å². The van der Waals surface area contributed by atoms with E-state index in [1.165, 1.54) is 20.0 Å². The monoisotopic (exact) mass is 185 g/mol. The van der Waals surface area contributed by atoms with Gasteiger partial charge < -0.3 is 10.5 Å². The van der Waals surface area contributed by atoms with Gasteiger partial charge in [0, 0.05) is 0 Å². The van der Waals surface area contributed by atoms with Crippen LogP contribution in [-0.4, -0.2) is 19.6 Å². The average molecular weight is 185 g/mol. The van der Waals surface area contributed by atoms with Gasteiger partial charge in [0.1, 0.15) is 0 Å². The summed E-state index contributed by atoms with van der Waals surface area (Å²) in [6.07, 6.45) is 3.91. The van der Waals surface area contributed by atoms with Crippen molar-refractivity contribution in [3.63, 3.8) is 0 Å². The lowest BCUT2D eigenvalue weighted by Gasteiger charge is -2.30. The number of nitrogens with two attached hydrogens (primary N) is 1. The molecule has 76 valence electrons. The van der Waals surface area contributed by atoms with Gasteiger partial charge in [0.05, 0.1) is 13.5 Å². The van der Waals surface area contributed by atoms with Crippen LogP contribution in [0.1, 0.15) is 32.6 Å². The van der Waals surface area contributed by atoms with Crippen LogP contribution in [0.15, 0.2) is 0 Å². The Kier molecular flexibility index (Phi) is 3.31. The van der Waals surface area contributed by atoms with Gasteiger partial charge in [-0.3, -0.25) is 4.79 Å². The number of hydrogen-bond acceptors (Lipinski definition) is 3. The predicted octanol–water partition coefficient (Wildman–Crippen LogP) is 1.31. The van der Waals surface area contributed by atoms with Gasteiger partial charge in [-0.05, 0) is 37.1 Å². The van der Waals surface area contributed by atoms with Crippen LogP contribution in [0, 0.1) is 11.3 Å². The fraction of sp³-hybridized carbons (Fsp3) is 0.900. The Labute approximate surface area is 79.6 Å². The maximum Gasteiger partial charge on any atom is 0.306 e. The lowest BCUT2D eigenvalue weighted by Crippen LogP contribution is -2.34. The first-order chi connectivity index (χ1) is 6.18. The van der Waals surface area contributed by atoms with Crippen molar-refractivity contribution in [2.75, 3.05) is 13.7 Å². The molecule has 1 fully saturated rings. The van der Waals surface area contributed by atoms with Crippen molar-refractivity contribution in [2.45, 2.75) is 32.6 Å². The van der Waals surface area contributed by atoms with E-state index >= 15 is 0 Å². The fourth-order valence-electron chi connectivity index (χ4n) is 2.00. The third-order valence-corrected chi connectivity index (χ3v) is 3.28. The van der Waals surface area contributed by atoms with Crippen molar-refractivity contribution in [1.29, 1.82) is 0 Å². The minimum absolute atomic E-state index is 0.0209. The lowest BCUT2D eigenvalue weighted by molar-refractivity contribution is -0.143. The quantitative estimate of drug-likeness (QED) is 0.657. The number of rotatable bonds is 5. The maximum atomic E-state index is 11.2. The zero-order valence-electron chi connectivity index (χ0n) is 8.51. The molecule has 1 rings (SSSR count). The molecule has 0 radical (unpaired) electrons. The second-order valence-electron chi connectivity index (χ2n) is 3.95. The van der Waals surface area contributed by atoms with Crippen molar-refractivity contribution in [3.05, 3.63) is 0 Å². The molecule has 0 spiro atoms. The summed E-state index contributed by atoms with van der Waals surface area (Å²) in [6, 6.07) is 0. The molecule has 0 aliphatic heterocycles.